The number of aliphatic hydroxyl groups excluding tert-OH is 1. The number of anilines is 1. The van der Waals surface area contributed by atoms with Gasteiger partial charge in [0.2, 0.25) is 5.95 Å². The van der Waals surface area contributed by atoms with Gasteiger partial charge in [0.15, 0.2) is 9.84 Å². The second-order valence-corrected chi connectivity index (χ2v) is 10.2. The number of halogens is 1. The molecular formula is C22H29FN4O4S. The monoisotopic (exact) mass is 464 g/mol. The lowest BCUT2D eigenvalue weighted by molar-refractivity contribution is 0.164. The van der Waals surface area contributed by atoms with E-state index in [0.717, 1.165) is 0 Å². The summed E-state index contributed by atoms with van der Waals surface area (Å²) in [5.74, 6) is -0.125. The Bertz CT molecular complexity index is 1190. The lowest BCUT2D eigenvalue weighted by Crippen LogP contribution is -2.16. The Morgan fingerprint density at radius 2 is 2.00 bits per heavy atom. The van der Waals surface area contributed by atoms with Crippen molar-refractivity contribution in [2.24, 2.45) is 0 Å². The van der Waals surface area contributed by atoms with E-state index in [2.05, 4.69) is 15.3 Å². The summed E-state index contributed by atoms with van der Waals surface area (Å²) in [5.41, 5.74) is 1.48. The third kappa shape index (κ3) is 5.02. The Kier molecular flexibility index (Phi) is 7.35. The van der Waals surface area contributed by atoms with Crippen molar-refractivity contribution in [1.82, 2.24) is 14.4 Å². The second kappa shape index (κ2) is 9.83. The molecule has 1 atom stereocenters. The van der Waals surface area contributed by atoms with Gasteiger partial charge in [-0.25, -0.2) is 18.4 Å². The van der Waals surface area contributed by atoms with Gasteiger partial charge in [-0.3, -0.25) is 4.40 Å². The number of aliphatic hydroxyl groups is 1. The Morgan fingerprint density at radius 1 is 1.25 bits per heavy atom. The van der Waals surface area contributed by atoms with Crippen LogP contribution in [0.15, 0.2) is 35.5 Å². The first-order chi connectivity index (χ1) is 15.2. The molecule has 0 spiro atoms. The molecule has 0 bridgehead atoms. The molecule has 0 saturated heterocycles. The molecule has 3 aromatic rings. The lowest BCUT2D eigenvalue weighted by atomic mass is 10.2. The van der Waals surface area contributed by atoms with Gasteiger partial charge in [-0.15, -0.1) is 0 Å². The van der Waals surface area contributed by atoms with Crippen molar-refractivity contribution >= 4 is 21.3 Å². The number of nitrogens with one attached hydrogen (secondary N) is 1. The quantitative estimate of drug-likeness (QED) is 0.441. The third-order valence-electron chi connectivity index (χ3n) is 5.15. The molecule has 0 aliphatic carbocycles. The van der Waals surface area contributed by atoms with E-state index < -0.39 is 27.1 Å². The van der Waals surface area contributed by atoms with Crippen LogP contribution in [0.5, 0.6) is 5.75 Å². The second-order valence-electron chi connectivity index (χ2n) is 7.74. The molecule has 174 valence electrons. The summed E-state index contributed by atoms with van der Waals surface area (Å²) in [6.45, 7) is 7.62. The molecule has 0 amide bonds. The highest BCUT2D eigenvalue weighted by Gasteiger charge is 2.26. The number of aromatic nitrogens is 3. The van der Waals surface area contributed by atoms with Crippen molar-refractivity contribution in [2.45, 2.75) is 56.8 Å². The van der Waals surface area contributed by atoms with Gasteiger partial charge in [0.05, 0.1) is 29.9 Å². The molecule has 2 N–H and O–H groups in total. The van der Waals surface area contributed by atoms with Crippen molar-refractivity contribution in [2.75, 3.05) is 18.5 Å². The number of ether oxygens (including phenoxy) is 1. The minimum atomic E-state index is -3.63. The SMILES string of the molecule is CCOc1cc2ncc(-c3cc(F)nc(NCCC(O)CC)c3)n2cc1S(=O)(=O)C(C)C. The Morgan fingerprint density at radius 3 is 2.66 bits per heavy atom. The molecule has 0 fully saturated rings. The molecule has 0 aliphatic heterocycles. The van der Waals surface area contributed by atoms with Crippen molar-refractivity contribution in [3.8, 4) is 17.0 Å². The fourth-order valence-corrected chi connectivity index (χ4v) is 4.40. The fraction of sp³-hybridized carbons (Fsp3) is 0.455. The first-order valence-corrected chi connectivity index (χ1v) is 12.2. The Balaban J connectivity index is 2.06. The molecular weight excluding hydrogens is 435 g/mol. The Hall–Kier alpha value is -2.72. The van der Waals surface area contributed by atoms with Gasteiger partial charge >= 0.3 is 0 Å². The average molecular weight is 465 g/mol. The number of imidazole rings is 1. The maximum Gasteiger partial charge on any atom is 0.215 e. The van der Waals surface area contributed by atoms with E-state index in [9.17, 15) is 17.9 Å². The molecule has 32 heavy (non-hydrogen) atoms. The van der Waals surface area contributed by atoms with E-state index >= 15 is 0 Å². The standard InChI is InChI=1S/C22H29FN4O4S/c1-5-16(28)7-8-24-21-10-15(9-20(23)26-21)17-12-25-22-11-18(31-6-2)19(13-27(17)22)32(29,30)14(3)4/h9-14,16,28H,5-8H2,1-4H3,(H,24,26). The summed E-state index contributed by atoms with van der Waals surface area (Å²) < 4.78 is 47.3. The van der Waals surface area contributed by atoms with Crippen LogP contribution in [0.3, 0.4) is 0 Å². The van der Waals surface area contributed by atoms with Crippen LogP contribution in [0.1, 0.15) is 40.5 Å². The van der Waals surface area contributed by atoms with Gasteiger partial charge in [0.25, 0.3) is 0 Å². The molecule has 3 aromatic heterocycles. The van der Waals surface area contributed by atoms with E-state index in [0.29, 0.717) is 48.7 Å². The molecule has 3 rings (SSSR count). The van der Waals surface area contributed by atoms with E-state index in [1.54, 1.807) is 43.5 Å². The van der Waals surface area contributed by atoms with E-state index in [1.807, 2.05) is 6.92 Å². The smallest absolute Gasteiger partial charge is 0.215 e. The maximum absolute atomic E-state index is 14.3. The first-order valence-electron chi connectivity index (χ1n) is 10.6. The predicted molar refractivity (Wildman–Crippen MR) is 121 cm³/mol. The average Bonchev–Trinajstić information content (AvgIpc) is 3.15. The highest BCUT2D eigenvalue weighted by atomic mass is 32.2. The predicted octanol–water partition coefficient (Wildman–Crippen LogP) is 3.69. The van der Waals surface area contributed by atoms with Gasteiger partial charge in [-0.2, -0.15) is 4.39 Å². The number of nitrogens with zero attached hydrogens (tertiary/aromatic N) is 3. The molecule has 8 nitrogen and oxygen atoms in total. The molecule has 1 unspecified atom stereocenters. The largest absolute Gasteiger partial charge is 0.492 e. The van der Waals surface area contributed by atoms with Crippen LogP contribution in [0.2, 0.25) is 0 Å². The van der Waals surface area contributed by atoms with Gasteiger partial charge in [0, 0.05) is 30.4 Å². The van der Waals surface area contributed by atoms with Crippen molar-refractivity contribution < 1.29 is 22.7 Å². The number of fused-ring (bicyclic) bond motifs is 1. The summed E-state index contributed by atoms with van der Waals surface area (Å²) in [4.78, 5) is 8.27. The van der Waals surface area contributed by atoms with Gasteiger partial charge in [-0.05, 0) is 39.7 Å². The summed E-state index contributed by atoms with van der Waals surface area (Å²) in [5, 5.41) is 12.1. The fourth-order valence-electron chi connectivity index (χ4n) is 3.24. The van der Waals surface area contributed by atoms with Crippen LogP contribution in [0.25, 0.3) is 16.9 Å². The van der Waals surface area contributed by atoms with Crippen LogP contribution in [-0.4, -0.2) is 52.4 Å². The van der Waals surface area contributed by atoms with Crippen LogP contribution in [-0.2, 0) is 9.84 Å². The zero-order chi connectivity index (χ0) is 23.5. The number of pyridine rings is 2. The highest BCUT2D eigenvalue weighted by molar-refractivity contribution is 7.92. The number of hydrogen-bond donors (Lipinski definition) is 2. The van der Waals surface area contributed by atoms with Gasteiger partial charge < -0.3 is 15.2 Å². The molecule has 0 radical (unpaired) electrons. The Labute approximate surface area is 187 Å². The summed E-state index contributed by atoms with van der Waals surface area (Å²) in [7, 11) is -3.63. The van der Waals surface area contributed by atoms with Crippen LogP contribution < -0.4 is 10.1 Å². The van der Waals surface area contributed by atoms with E-state index in [-0.39, 0.29) is 10.6 Å². The zero-order valence-corrected chi connectivity index (χ0v) is 19.5. The summed E-state index contributed by atoms with van der Waals surface area (Å²) >= 11 is 0. The molecule has 10 heteroatoms. The third-order valence-corrected chi connectivity index (χ3v) is 7.31. The van der Waals surface area contributed by atoms with Crippen molar-refractivity contribution in [3.63, 3.8) is 0 Å². The minimum absolute atomic E-state index is 0.0579. The topological polar surface area (TPSA) is 106 Å². The highest BCUT2D eigenvalue weighted by Crippen LogP contribution is 2.32. The first kappa shape index (κ1) is 23.9. The van der Waals surface area contributed by atoms with E-state index in [4.69, 9.17) is 4.74 Å². The number of rotatable bonds is 10. The van der Waals surface area contributed by atoms with Crippen LogP contribution >= 0.6 is 0 Å². The maximum atomic E-state index is 14.3. The van der Waals surface area contributed by atoms with E-state index in [1.165, 1.54) is 12.3 Å². The normalized spacial score (nSPS) is 13.0. The minimum Gasteiger partial charge on any atom is -0.492 e. The molecule has 0 saturated carbocycles. The number of sulfone groups is 1. The molecule has 0 aliphatic rings. The van der Waals surface area contributed by atoms with Crippen molar-refractivity contribution in [1.29, 1.82) is 0 Å². The number of hydrogen-bond acceptors (Lipinski definition) is 7. The molecule has 0 aromatic carbocycles. The molecule has 3 heterocycles. The van der Waals surface area contributed by atoms with Crippen molar-refractivity contribution in [3.05, 3.63) is 36.5 Å². The summed E-state index contributed by atoms with van der Waals surface area (Å²) in [6, 6.07) is 4.51. The van der Waals surface area contributed by atoms with Crippen LogP contribution in [0, 0.1) is 5.95 Å². The van der Waals surface area contributed by atoms with Gasteiger partial charge in [-0.1, -0.05) is 6.92 Å². The van der Waals surface area contributed by atoms with Gasteiger partial charge in [0.1, 0.15) is 22.1 Å². The zero-order valence-electron chi connectivity index (χ0n) is 18.7. The van der Waals surface area contributed by atoms with Crippen LogP contribution in [0.4, 0.5) is 10.2 Å². The summed E-state index contributed by atoms with van der Waals surface area (Å²) in [6.07, 6.45) is 3.74. The lowest BCUT2D eigenvalue weighted by Gasteiger charge is -2.15.